The Bertz CT molecular complexity index is 2140. The zero-order valence-corrected chi connectivity index (χ0v) is 75.8. The summed E-state index contributed by atoms with van der Waals surface area (Å²) in [7, 11) is -9.94. The minimum Gasteiger partial charge on any atom is -0.462 e. The number of rotatable bonds is 92. The largest absolute Gasteiger partial charge is 0.472 e. The van der Waals surface area contributed by atoms with Crippen molar-refractivity contribution in [1.29, 1.82) is 0 Å². The zero-order valence-electron chi connectivity index (χ0n) is 74.0. The van der Waals surface area contributed by atoms with Crippen LogP contribution in [0.4, 0.5) is 0 Å². The van der Waals surface area contributed by atoms with Gasteiger partial charge in [-0.05, 0) is 37.5 Å². The molecule has 0 bridgehead atoms. The molecule has 0 amide bonds. The third-order valence-corrected chi connectivity index (χ3v) is 24.6. The number of carbonyl (C=O) groups excluding carboxylic acids is 4. The number of unbranched alkanes of at least 4 members (excludes halogenated alkanes) is 60. The van der Waals surface area contributed by atoms with Crippen molar-refractivity contribution in [2.24, 2.45) is 11.8 Å². The highest BCUT2D eigenvalue weighted by atomic mass is 31.2. The third-order valence-electron chi connectivity index (χ3n) is 22.7. The number of phosphoric acid groups is 2. The lowest BCUT2D eigenvalue weighted by atomic mass is 9.99. The van der Waals surface area contributed by atoms with Gasteiger partial charge in [0.15, 0.2) is 12.2 Å². The molecular weight excluding hydrogens is 1450 g/mol. The van der Waals surface area contributed by atoms with Crippen LogP contribution in [0.15, 0.2) is 0 Å². The van der Waals surface area contributed by atoms with Crippen molar-refractivity contribution in [3.63, 3.8) is 0 Å². The summed E-state index contributed by atoms with van der Waals surface area (Å²) in [6, 6.07) is 0. The van der Waals surface area contributed by atoms with E-state index in [9.17, 15) is 43.2 Å². The van der Waals surface area contributed by atoms with E-state index < -0.39 is 97.5 Å². The predicted octanol–water partition coefficient (Wildman–Crippen LogP) is 29.0. The molecule has 0 aromatic carbocycles. The van der Waals surface area contributed by atoms with E-state index in [1.165, 1.54) is 321 Å². The predicted molar refractivity (Wildman–Crippen MR) is 465 cm³/mol. The molecule has 17 nitrogen and oxygen atoms in total. The number of hydrogen-bond acceptors (Lipinski definition) is 15. The van der Waals surface area contributed by atoms with Gasteiger partial charge < -0.3 is 33.8 Å². The number of phosphoric ester groups is 2. The summed E-state index contributed by atoms with van der Waals surface area (Å²) in [6.07, 6.45) is 79.0. The van der Waals surface area contributed by atoms with Crippen molar-refractivity contribution in [3.05, 3.63) is 0 Å². The number of esters is 4. The second kappa shape index (κ2) is 84.1. The van der Waals surface area contributed by atoms with Gasteiger partial charge >= 0.3 is 39.5 Å². The van der Waals surface area contributed by atoms with Crippen LogP contribution in [-0.4, -0.2) is 96.7 Å². The Labute approximate surface area is 689 Å². The van der Waals surface area contributed by atoms with E-state index in [-0.39, 0.29) is 25.7 Å². The Balaban J connectivity index is 5.24. The lowest BCUT2D eigenvalue weighted by Gasteiger charge is -2.21. The van der Waals surface area contributed by atoms with Crippen LogP contribution in [0.25, 0.3) is 0 Å². The number of hydrogen-bond donors (Lipinski definition) is 3. The van der Waals surface area contributed by atoms with E-state index in [0.29, 0.717) is 25.7 Å². The first-order chi connectivity index (χ1) is 54.4. The molecule has 3 N–H and O–H groups in total. The summed E-state index contributed by atoms with van der Waals surface area (Å²) in [4.78, 5) is 73.5. The molecule has 0 aromatic heterocycles. The smallest absolute Gasteiger partial charge is 0.462 e. The third kappa shape index (κ3) is 83.1. The molecule has 666 valence electrons. The van der Waals surface area contributed by atoms with Gasteiger partial charge in [-0.3, -0.25) is 37.3 Å². The quantitative estimate of drug-likeness (QED) is 0.0222. The van der Waals surface area contributed by atoms with Crippen LogP contribution < -0.4 is 0 Å². The van der Waals surface area contributed by atoms with Crippen LogP contribution >= 0.6 is 15.6 Å². The molecular formula is C93H182O17P2. The summed E-state index contributed by atoms with van der Waals surface area (Å²) < 4.78 is 69.1. The lowest BCUT2D eigenvalue weighted by molar-refractivity contribution is -0.161. The van der Waals surface area contributed by atoms with E-state index in [1.54, 1.807) is 0 Å². The first-order valence-corrected chi connectivity index (χ1v) is 51.1. The van der Waals surface area contributed by atoms with Crippen molar-refractivity contribution < 1.29 is 80.2 Å². The topological polar surface area (TPSA) is 237 Å². The lowest BCUT2D eigenvalue weighted by Crippen LogP contribution is -2.30. The maximum atomic E-state index is 13.2. The highest BCUT2D eigenvalue weighted by Gasteiger charge is 2.31. The van der Waals surface area contributed by atoms with Gasteiger partial charge in [-0.25, -0.2) is 9.13 Å². The summed E-state index contributed by atoms with van der Waals surface area (Å²) in [5.74, 6) is -0.346. The summed E-state index contributed by atoms with van der Waals surface area (Å²) in [5, 5.41) is 10.7. The molecule has 0 heterocycles. The van der Waals surface area contributed by atoms with Crippen molar-refractivity contribution in [2.75, 3.05) is 39.6 Å². The van der Waals surface area contributed by atoms with Crippen LogP contribution in [0.1, 0.15) is 504 Å². The standard InChI is InChI=1S/C93H182O17P2/c1-7-11-13-15-17-19-21-23-32-41-47-53-59-65-71-77-92(97)109-88(81-103-90(95)75-69-63-57-51-45-37-22-20-18-16-14-12-8-2)83-107-111(99,100)105-79-87(94)80-106-112(101,102)108-84-89(110-93(98)78-72-66-60-54-48-42-36-31-27-25-29-34-39-44-50-56-62-68-74-86(6)10-4)82-104-91(96)76-70-64-58-52-46-40-35-30-26-24-28-33-38-43-49-55-61-67-73-85(5)9-3/h85-89,94H,7-84H2,1-6H3,(H,99,100)(H,101,102)/t85?,86?,87-,88+,89+/m0/s1. The molecule has 19 heteroatoms. The van der Waals surface area contributed by atoms with Crippen LogP contribution in [0.5, 0.6) is 0 Å². The average Bonchev–Trinajstić information content (AvgIpc) is 0.900. The molecule has 0 saturated heterocycles. The van der Waals surface area contributed by atoms with E-state index in [2.05, 4.69) is 41.5 Å². The molecule has 0 aliphatic rings. The fourth-order valence-corrected chi connectivity index (χ4v) is 16.2. The first kappa shape index (κ1) is 110. The maximum Gasteiger partial charge on any atom is 0.472 e. The average molecular weight is 1630 g/mol. The number of aliphatic hydroxyl groups excluding tert-OH is 1. The molecule has 0 radical (unpaired) electrons. The molecule has 112 heavy (non-hydrogen) atoms. The molecule has 0 aliphatic heterocycles. The van der Waals surface area contributed by atoms with E-state index >= 15 is 0 Å². The number of ether oxygens (including phenoxy) is 4. The Morgan fingerprint density at radius 1 is 0.250 bits per heavy atom. The Hall–Kier alpha value is -1.94. The molecule has 4 unspecified atom stereocenters. The minimum absolute atomic E-state index is 0.109. The van der Waals surface area contributed by atoms with Gasteiger partial charge in [0.1, 0.15) is 19.3 Å². The van der Waals surface area contributed by atoms with E-state index in [0.717, 1.165) is 102 Å². The number of carbonyl (C=O) groups is 4. The van der Waals surface area contributed by atoms with Crippen LogP contribution in [0.3, 0.4) is 0 Å². The SMILES string of the molecule is CCCCCCCCCCCCCCCCCC(=O)O[C@H](COC(=O)CCCCCCCCCCCCCCC)COP(=O)(O)OC[C@H](O)COP(=O)(O)OC[C@@H](COC(=O)CCCCCCCCCCCCCCCCCCCCC(C)CC)OC(=O)CCCCCCCCCCCCCCCCCCCCC(C)CC. The molecule has 0 aliphatic carbocycles. The normalized spacial score (nSPS) is 14.2. The van der Waals surface area contributed by atoms with E-state index in [4.69, 9.17) is 37.0 Å². The van der Waals surface area contributed by atoms with Gasteiger partial charge in [0.25, 0.3) is 0 Å². The summed E-state index contributed by atoms with van der Waals surface area (Å²) in [5.41, 5.74) is 0. The molecule has 0 fully saturated rings. The molecule has 0 saturated carbocycles. The highest BCUT2D eigenvalue weighted by molar-refractivity contribution is 7.47. The van der Waals surface area contributed by atoms with Gasteiger partial charge in [-0.1, -0.05) is 452 Å². The molecule has 7 atom stereocenters. The van der Waals surface area contributed by atoms with Gasteiger partial charge in [0, 0.05) is 25.7 Å². The molecule has 0 aromatic rings. The van der Waals surface area contributed by atoms with Crippen molar-refractivity contribution in [2.45, 2.75) is 522 Å². The van der Waals surface area contributed by atoms with Crippen molar-refractivity contribution in [1.82, 2.24) is 0 Å². The van der Waals surface area contributed by atoms with Gasteiger partial charge in [0.05, 0.1) is 26.4 Å². The first-order valence-electron chi connectivity index (χ1n) is 48.1. The fraction of sp³-hybridized carbons (Fsp3) is 0.957. The van der Waals surface area contributed by atoms with Crippen molar-refractivity contribution in [3.8, 4) is 0 Å². The molecule has 0 rings (SSSR count). The van der Waals surface area contributed by atoms with Gasteiger partial charge in [-0.15, -0.1) is 0 Å². The Morgan fingerprint density at radius 3 is 0.634 bits per heavy atom. The number of aliphatic hydroxyl groups is 1. The van der Waals surface area contributed by atoms with Gasteiger partial charge in [-0.2, -0.15) is 0 Å². The maximum absolute atomic E-state index is 13.2. The van der Waals surface area contributed by atoms with Crippen LogP contribution in [-0.2, 0) is 65.4 Å². The second-order valence-corrected chi connectivity index (χ2v) is 36.8. The molecule has 0 spiro atoms. The second-order valence-electron chi connectivity index (χ2n) is 33.9. The summed E-state index contributed by atoms with van der Waals surface area (Å²) in [6.45, 7) is 9.86. The van der Waals surface area contributed by atoms with E-state index in [1.807, 2.05) is 0 Å². The van der Waals surface area contributed by atoms with Crippen LogP contribution in [0.2, 0.25) is 0 Å². The summed E-state index contributed by atoms with van der Waals surface area (Å²) >= 11 is 0. The highest BCUT2D eigenvalue weighted by Crippen LogP contribution is 2.45. The Morgan fingerprint density at radius 2 is 0.429 bits per heavy atom. The van der Waals surface area contributed by atoms with Crippen LogP contribution in [0, 0.1) is 11.8 Å². The monoisotopic (exact) mass is 1630 g/mol. The van der Waals surface area contributed by atoms with Gasteiger partial charge in [0.2, 0.25) is 0 Å². The zero-order chi connectivity index (χ0) is 82.0. The Kier molecular flexibility index (Phi) is 82.6. The fourth-order valence-electron chi connectivity index (χ4n) is 14.6. The minimum atomic E-state index is -4.97. The van der Waals surface area contributed by atoms with Crippen molar-refractivity contribution >= 4 is 39.5 Å².